The SMILES string of the molecule is Cc1nnc(Cl)n1-c1ccc2ccccc2c1. The molecule has 0 bridgehead atoms. The molecular weight excluding hydrogens is 234 g/mol. The summed E-state index contributed by atoms with van der Waals surface area (Å²) < 4.78 is 1.83. The van der Waals surface area contributed by atoms with Gasteiger partial charge in [0.15, 0.2) is 0 Å². The van der Waals surface area contributed by atoms with Crippen molar-refractivity contribution in [3.8, 4) is 5.69 Å². The maximum atomic E-state index is 6.02. The average Bonchev–Trinajstić information content (AvgIpc) is 2.68. The maximum Gasteiger partial charge on any atom is 0.229 e. The summed E-state index contributed by atoms with van der Waals surface area (Å²) in [4.78, 5) is 0. The van der Waals surface area contributed by atoms with Crippen molar-refractivity contribution in [3.05, 3.63) is 53.6 Å². The van der Waals surface area contributed by atoms with Crippen molar-refractivity contribution < 1.29 is 0 Å². The van der Waals surface area contributed by atoms with E-state index in [4.69, 9.17) is 11.6 Å². The molecule has 0 radical (unpaired) electrons. The van der Waals surface area contributed by atoms with Gasteiger partial charge in [-0.3, -0.25) is 4.57 Å². The Morgan fingerprint density at radius 3 is 2.47 bits per heavy atom. The van der Waals surface area contributed by atoms with Crippen molar-refractivity contribution in [2.75, 3.05) is 0 Å². The Balaban J connectivity index is 2.25. The van der Waals surface area contributed by atoms with Crippen LogP contribution < -0.4 is 0 Å². The lowest BCUT2D eigenvalue weighted by Crippen LogP contribution is -1.96. The molecule has 0 atom stereocenters. The van der Waals surface area contributed by atoms with Gasteiger partial charge in [-0.2, -0.15) is 0 Å². The third-order valence-corrected chi connectivity index (χ3v) is 3.02. The van der Waals surface area contributed by atoms with E-state index in [0.29, 0.717) is 5.28 Å². The van der Waals surface area contributed by atoms with Crippen LogP contribution in [0, 0.1) is 6.92 Å². The molecule has 3 aromatic rings. The quantitative estimate of drug-likeness (QED) is 0.656. The third kappa shape index (κ3) is 1.68. The zero-order valence-electron chi connectivity index (χ0n) is 9.26. The van der Waals surface area contributed by atoms with Gasteiger partial charge >= 0.3 is 0 Å². The summed E-state index contributed by atoms with van der Waals surface area (Å²) in [6.45, 7) is 1.88. The molecule has 84 valence electrons. The van der Waals surface area contributed by atoms with E-state index in [2.05, 4.69) is 34.5 Å². The fourth-order valence-corrected chi connectivity index (χ4v) is 2.20. The second-order valence-electron chi connectivity index (χ2n) is 3.88. The van der Waals surface area contributed by atoms with E-state index >= 15 is 0 Å². The molecule has 0 amide bonds. The van der Waals surface area contributed by atoms with Crippen molar-refractivity contribution >= 4 is 22.4 Å². The minimum atomic E-state index is 0.387. The average molecular weight is 244 g/mol. The van der Waals surface area contributed by atoms with E-state index in [1.165, 1.54) is 10.8 Å². The van der Waals surface area contributed by atoms with Crippen LogP contribution in [0.5, 0.6) is 0 Å². The maximum absolute atomic E-state index is 6.02. The van der Waals surface area contributed by atoms with Crippen LogP contribution in [0.15, 0.2) is 42.5 Å². The van der Waals surface area contributed by atoms with Gasteiger partial charge in [0.05, 0.1) is 5.69 Å². The number of rotatable bonds is 1. The van der Waals surface area contributed by atoms with E-state index in [1.54, 1.807) is 0 Å². The Hall–Kier alpha value is -1.87. The largest absolute Gasteiger partial charge is 0.270 e. The smallest absolute Gasteiger partial charge is 0.229 e. The van der Waals surface area contributed by atoms with Gasteiger partial charge < -0.3 is 0 Å². The molecule has 0 N–H and O–H groups in total. The normalized spacial score (nSPS) is 10.9. The summed E-state index contributed by atoms with van der Waals surface area (Å²) in [5.74, 6) is 0.783. The van der Waals surface area contributed by atoms with Crippen molar-refractivity contribution in [1.82, 2.24) is 14.8 Å². The number of halogens is 1. The van der Waals surface area contributed by atoms with E-state index in [1.807, 2.05) is 29.7 Å². The molecule has 0 spiro atoms. The lowest BCUT2D eigenvalue weighted by atomic mass is 10.1. The molecule has 0 fully saturated rings. The fourth-order valence-electron chi connectivity index (χ4n) is 1.95. The molecule has 0 aliphatic carbocycles. The zero-order valence-corrected chi connectivity index (χ0v) is 10.0. The minimum Gasteiger partial charge on any atom is -0.270 e. The lowest BCUT2D eigenvalue weighted by molar-refractivity contribution is 0.971. The van der Waals surface area contributed by atoms with Gasteiger partial charge in [-0.1, -0.05) is 30.3 Å². The molecule has 0 saturated heterocycles. The van der Waals surface area contributed by atoms with E-state index in [9.17, 15) is 0 Å². The van der Waals surface area contributed by atoms with Gasteiger partial charge in [-0.05, 0) is 41.4 Å². The van der Waals surface area contributed by atoms with Crippen LogP contribution >= 0.6 is 11.6 Å². The van der Waals surface area contributed by atoms with Crippen LogP contribution in [0.3, 0.4) is 0 Å². The first kappa shape index (κ1) is 10.3. The number of aromatic nitrogens is 3. The topological polar surface area (TPSA) is 30.7 Å². The molecule has 17 heavy (non-hydrogen) atoms. The Labute approximate surface area is 104 Å². The van der Waals surface area contributed by atoms with E-state index in [-0.39, 0.29) is 0 Å². The predicted octanol–water partition coefficient (Wildman–Crippen LogP) is 3.38. The standard InChI is InChI=1S/C13H10ClN3/c1-9-15-16-13(14)17(9)12-7-6-10-4-2-3-5-11(10)8-12/h2-8H,1H3. The minimum absolute atomic E-state index is 0.387. The van der Waals surface area contributed by atoms with Crippen molar-refractivity contribution in [2.45, 2.75) is 6.92 Å². The number of hydrogen-bond donors (Lipinski definition) is 0. The Kier molecular flexibility index (Phi) is 2.34. The summed E-state index contributed by atoms with van der Waals surface area (Å²) in [6.07, 6.45) is 0. The number of benzene rings is 2. The first-order valence-electron chi connectivity index (χ1n) is 5.32. The molecule has 3 nitrogen and oxygen atoms in total. The molecule has 0 saturated carbocycles. The van der Waals surface area contributed by atoms with E-state index < -0.39 is 0 Å². The third-order valence-electron chi connectivity index (χ3n) is 2.78. The molecule has 0 unspecified atom stereocenters. The highest BCUT2D eigenvalue weighted by Crippen LogP contribution is 2.21. The Morgan fingerprint density at radius 1 is 1.00 bits per heavy atom. The van der Waals surface area contributed by atoms with Gasteiger partial charge in [0, 0.05) is 0 Å². The molecule has 2 aromatic carbocycles. The summed E-state index contributed by atoms with van der Waals surface area (Å²) in [6, 6.07) is 14.4. The highest BCUT2D eigenvalue weighted by Gasteiger charge is 2.08. The second kappa shape index (κ2) is 3.86. The van der Waals surface area contributed by atoms with Crippen molar-refractivity contribution in [1.29, 1.82) is 0 Å². The highest BCUT2D eigenvalue weighted by molar-refractivity contribution is 6.28. The summed E-state index contributed by atoms with van der Waals surface area (Å²) >= 11 is 6.02. The predicted molar refractivity (Wildman–Crippen MR) is 68.6 cm³/mol. The molecule has 4 heteroatoms. The van der Waals surface area contributed by atoms with Crippen LogP contribution in [0.1, 0.15) is 5.82 Å². The van der Waals surface area contributed by atoms with Gasteiger partial charge in [0.2, 0.25) is 5.28 Å². The first-order chi connectivity index (χ1) is 8.25. The summed E-state index contributed by atoms with van der Waals surface area (Å²) in [5, 5.41) is 10.6. The fraction of sp³-hybridized carbons (Fsp3) is 0.0769. The van der Waals surface area contributed by atoms with Gasteiger partial charge in [-0.15, -0.1) is 10.2 Å². The Morgan fingerprint density at radius 2 is 1.76 bits per heavy atom. The van der Waals surface area contributed by atoms with Crippen LogP contribution in [0.25, 0.3) is 16.5 Å². The number of nitrogens with zero attached hydrogens (tertiary/aromatic N) is 3. The molecular formula is C13H10ClN3. The van der Waals surface area contributed by atoms with E-state index in [0.717, 1.165) is 11.5 Å². The second-order valence-corrected chi connectivity index (χ2v) is 4.22. The molecule has 1 heterocycles. The monoisotopic (exact) mass is 243 g/mol. The number of aryl methyl sites for hydroxylation is 1. The summed E-state index contributed by atoms with van der Waals surface area (Å²) in [5.41, 5.74) is 0.983. The molecule has 0 aliphatic heterocycles. The highest BCUT2D eigenvalue weighted by atomic mass is 35.5. The van der Waals surface area contributed by atoms with Crippen LogP contribution in [-0.2, 0) is 0 Å². The van der Waals surface area contributed by atoms with Gasteiger partial charge in [0.25, 0.3) is 0 Å². The van der Waals surface area contributed by atoms with Crippen LogP contribution in [0.2, 0.25) is 5.28 Å². The molecule has 3 rings (SSSR count). The Bertz CT molecular complexity index is 668. The number of fused-ring (bicyclic) bond motifs is 1. The lowest BCUT2D eigenvalue weighted by Gasteiger charge is -2.06. The first-order valence-corrected chi connectivity index (χ1v) is 5.70. The van der Waals surface area contributed by atoms with Crippen molar-refractivity contribution in [2.24, 2.45) is 0 Å². The van der Waals surface area contributed by atoms with Crippen LogP contribution in [-0.4, -0.2) is 14.8 Å². The van der Waals surface area contributed by atoms with Gasteiger partial charge in [-0.25, -0.2) is 0 Å². The molecule has 0 aliphatic rings. The van der Waals surface area contributed by atoms with Gasteiger partial charge in [0.1, 0.15) is 5.82 Å². The number of hydrogen-bond acceptors (Lipinski definition) is 2. The van der Waals surface area contributed by atoms with Crippen LogP contribution in [0.4, 0.5) is 0 Å². The summed E-state index contributed by atoms with van der Waals surface area (Å²) in [7, 11) is 0. The molecule has 1 aromatic heterocycles. The van der Waals surface area contributed by atoms with Crippen molar-refractivity contribution in [3.63, 3.8) is 0 Å². The zero-order chi connectivity index (χ0) is 11.8.